The Labute approximate surface area is 85.3 Å². The summed E-state index contributed by atoms with van der Waals surface area (Å²) in [6.45, 7) is 3.99. The van der Waals surface area contributed by atoms with Gasteiger partial charge in [0.15, 0.2) is 0 Å². The van der Waals surface area contributed by atoms with Crippen molar-refractivity contribution in [3.63, 3.8) is 0 Å². The highest BCUT2D eigenvalue weighted by Gasteiger charge is 2.29. The van der Waals surface area contributed by atoms with Crippen LogP contribution in [0.25, 0.3) is 0 Å². The van der Waals surface area contributed by atoms with Gasteiger partial charge in [-0.25, -0.2) is 0 Å². The number of hydrogen-bond acceptors (Lipinski definition) is 2. The third kappa shape index (κ3) is 2.26. The molecule has 1 aliphatic heterocycles. The third-order valence-electron chi connectivity index (χ3n) is 2.74. The van der Waals surface area contributed by atoms with Crippen LogP contribution in [-0.2, 0) is 4.74 Å². The average molecular weight is 191 g/mol. The minimum absolute atomic E-state index is 0.0375. The van der Waals surface area contributed by atoms with Gasteiger partial charge < -0.3 is 10.1 Å². The SMILES string of the molecule is CC1(CNc2ccccc2)CCCO1. The van der Waals surface area contributed by atoms with Gasteiger partial charge in [-0.3, -0.25) is 0 Å². The first-order valence-corrected chi connectivity index (χ1v) is 5.21. The van der Waals surface area contributed by atoms with E-state index in [0.29, 0.717) is 0 Å². The number of para-hydroxylation sites is 1. The Bertz CT molecular complexity index is 278. The normalized spacial score (nSPS) is 26.4. The number of rotatable bonds is 3. The van der Waals surface area contributed by atoms with Gasteiger partial charge in [0.05, 0.1) is 5.60 Å². The molecule has 0 bridgehead atoms. The maximum Gasteiger partial charge on any atom is 0.0826 e. The molecule has 1 aliphatic rings. The Hall–Kier alpha value is -1.02. The van der Waals surface area contributed by atoms with Crippen molar-refractivity contribution < 1.29 is 4.74 Å². The Morgan fingerprint density at radius 3 is 2.79 bits per heavy atom. The molecule has 0 aliphatic carbocycles. The monoisotopic (exact) mass is 191 g/mol. The standard InChI is InChI=1S/C12H17NO/c1-12(8-5-9-14-12)10-13-11-6-3-2-4-7-11/h2-4,6-7,13H,5,8-10H2,1H3. The van der Waals surface area contributed by atoms with Crippen LogP contribution >= 0.6 is 0 Å². The molecule has 2 nitrogen and oxygen atoms in total. The second-order valence-electron chi connectivity index (χ2n) is 4.12. The van der Waals surface area contributed by atoms with Crippen LogP contribution in [0.15, 0.2) is 30.3 Å². The van der Waals surface area contributed by atoms with Crippen molar-refractivity contribution in [2.75, 3.05) is 18.5 Å². The molecular formula is C12H17NO. The molecule has 0 aromatic heterocycles. The van der Waals surface area contributed by atoms with E-state index in [1.807, 2.05) is 18.2 Å². The van der Waals surface area contributed by atoms with Crippen molar-refractivity contribution in [3.8, 4) is 0 Å². The fourth-order valence-electron chi connectivity index (χ4n) is 1.82. The molecule has 1 N–H and O–H groups in total. The molecule has 0 radical (unpaired) electrons. The van der Waals surface area contributed by atoms with Crippen molar-refractivity contribution in [3.05, 3.63) is 30.3 Å². The molecule has 76 valence electrons. The Morgan fingerprint density at radius 1 is 1.36 bits per heavy atom. The van der Waals surface area contributed by atoms with Crippen LogP contribution in [0.3, 0.4) is 0 Å². The Balaban J connectivity index is 1.88. The minimum atomic E-state index is 0.0375. The van der Waals surface area contributed by atoms with Gasteiger partial charge in [-0.05, 0) is 31.9 Å². The number of ether oxygens (including phenoxy) is 1. The molecule has 0 spiro atoms. The lowest BCUT2D eigenvalue weighted by molar-refractivity contribution is 0.0315. The number of anilines is 1. The zero-order valence-corrected chi connectivity index (χ0v) is 8.62. The second-order valence-corrected chi connectivity index (χ2v) is 4.12. The van der Waals surface area contributed by atoms with Crippen LogP contribution < -0.4 is 5.32 Å². The van der Waals surface area contributed by atoms with E-state index in [0.717, 1.165) is 19.6 Å². The van der Waals surface area contributed by atoms with Crippen LogP contribution in [0.4, 0.5) is 5.69 Å². The highest BCUT2D eigenvalue weighted by molar-refractivity contribution is 5.42. The van der Waals surface area contributed by atoms with E-state index >= 15 is 0 Å². The molecular weight excluding hydrogens is 174 g/mol. The predicted octanol–water partition coefficient (Wildman–Crippen LogP) is 2.67. The van der Waals surface area contributed by atoms with E-state index in [9.17, 15) is 0 Å². The first kappa shape index (κ1) is 9.53. The molecule has 1 heterocycles. The third-order valence-corrected chi connectivity index (χ3v) is 2.74. The van der Waals surface area contributed by atoms with Crippen LogP contribution in [0, 0.1) is 0 Å². The van der Waals surface area contributed by atoms with Crippen LogP contribution in [0.5, 0.6) is 0 Å². The van der Waals surface area contributed by atoms with Gasteiger partial charge in [-0.2, -0.15) is 0 Å². The van der Waals surface area contributed by atoms with Crippen LogP contribution in [-0.4, -0.2) is 18.8 Å². The summed E-state index contributed by atoms with van der Waals surface area (Å²) in [7, 11) is 0. The van der Waals surface area contributed by atoms with Gasteiger partial charge in [-0.15, -0.1) is 0 Å². The second kappa shape index (κ2) is 4.01. The lowest BCUT2D eigenvalue weighted by Crippen LogP contribution is -2.32. The smallest absolute Gasteiger partial charge is 0.0826 e. The first-order chi connectivity index (χ1) is 6.79. The van der Waals surface area contributed by atoms with E-state index in [2.05, 4.69) is 24.4 Å². The molecule has 1 saturated heterocycles. The number of nitrogens with one attached hydrogen (secondary N) is 1. The topological polar surface area (TPSA) is 21.3 Å². The molecule has 0 amide bonds. The van der Waals surface area contributed by atoms with Crippen LogP contribution in [0.1, 0.15) is 19.8 Å². The highest BCUT2D eigenvalue weighted by Crippen LogP contribution is 2.25. The largest absolute Gasteiger partial charge is 0.382 e. The summed E-state index contributed by atoms with van der Waals surface area (Å²) in [6.07, 6.45) is 2.35. The quantitative estimate of drug-likeness (QED) is 0.793. The van der Waals surface area contributed by atoms with Crippen molar-refractivity contribution in [1.29, 1.82) is 0 Å². The van der Waals surface area contributed by atoms with Gasteiger partial charge in [0.2, 0.25) is 0 Å². The first-order valence-electron chi connectivity index (χ1n) is 5.21. The summed E-state index contributed by atoms with van der Waals surface area (Å²) in [5, 5.41) is 3.40. The van der Waals surface area contributed by atoms with Gasteiger partial charge in [0.25, 0.3) is 0 Å². The number of hydrogen-bond donors (Lipinski definition) is 1. The molecule has 2 heteroatoms. The summed E-state index contributed by atoms with van der Waals surface area (Å²) in [6, 6.07) is 10.3. The lowest BCUT2D eigenvalue weighted by Gasteiger charge is -2.23. The maximum atomic E-state index is 5.70. The summed E-state index contributed by atoms with van der Waals surface area (Å²) >= 11 is 0. The van der Waals surface area contributed by atoms with Gasteiger partial charge >= 0.3 is 0 Å². The summed E-state index contributed by atoms with van der Waals surface area (Å²) in [5.74, 6) is 0. The highest BCUT2D eigenvalue weighted by atomic mass is 16.5. The Morgan fingerprint density at radius 2 is 2.14 bits per heavy atom. The summed E-state index contributed by atoms with van der Waals surface area (Å²) in [5.41, 5.74) is 1.21. The fraction of sp³-hybridized carbons (Fsp3) is 0.500. The molecule has 1 unspecified atom stereocenters. The van der Waals surface area contributed by atoms with Crippen molar-refractivity contribution in [2.45, 2.75) is 25.4 Å². The van der Waals surface area contributed by atoms with E-state index in [1.165, 1.54) is 12.1 Å². The van der Waals surface area contributed by atoms with E-state index < -0.39 is 0 Å². The van der Waals surface area contributed by atoms with Gasteiger partial charge in [0.1, 0.15) is 0 Å². The molecule has 1 fully saturated rings. The minimum Gasteiger partial charge on any atom is -0.382 e. The summed E-state index contributed by atoms with van der Waals surface area (Å²) in [4.78, 5) is 0. The zero-order chi connectivity index (χ0) is 9.86. The molecule has 0 saturated carbocycles. The average Bonchev–Trinajstić information content (AvgIpc) is 2.65. The molecule has 1 aromatic rings. The van der Waals surface area contributed by atoms with Gasteiger partial charge in [0, 0.05) is 18.8 Å². The predicted molar refractivity (Wildman–Crippen MR) is 58.5 cm³/mol. The molecule has 1 atom stereocenters. The summed E-state index contributed by atoms with van der Waals surface area (Å²) < 4.78 is 5.70. The Kier molecular flexibility index (Phi) is 2.73. The van der Waals surface area contributed by atoms with Crippen molar-refractivity contribution >= 4 is 5.69 Å². The molecule has 1 aromatic carbocycles. The number of benzene rings is 1. The molecule has 2 rings (SSSR count). The van der Waals surface area contributed by atoms with Crippen molar-refractivity contribution in [2.24, 2.45) is 0 Å². The maximum absolute atomic E-state index is 5.70. The van der Waals surface area contributed by atoms with Crippen LogP contribution in [0.2, 0.25) is 0 Å². The van der Waals surface area contributed by atoms with E-state index in [4.69, 9.17) is 4.74 Å². The zero-order valence-electron chi connectivity index (χ0n) is 8.62. The lowest BCUT2D eigenvalue weighted by atomic mass is 10.0. The fourth-order valence-corrected chi connectivity index (χ4v) is 1.82. The van der Waals surface area contributed by atoms with Gasteiger partial charge in [-0.1, -0.05) is 18.2 Å². The van der Waals surface area contributed by atoms with Crippen molar-refractivity contribution in [1.82, 2.24) is 0 Å². The van der Waals surface area contributed by atoms with E-state index in [-0.39, 0.29) is 5.60 Å². The molecule has 14 heavy (non-hydrogen) atoms. The van der Waals surface area contributed by atoms with E-state index in [1.54, 1.807) is 0 Å².